The SMILES string of the molecule is CCC1CCC(CNC2CCOC3(CCCCC3)C2)CC1. The van der Waals surface area contributed by atoms with Gasteiger partial charge < -0.3 is 10.1 Å². The second kappa shape index (κ2) is 7.46. The molecule has 2 aliphatic carbocycles. The van der Waals surface area contributed by atoms with Crippen molar-refractivity contribution in [3.8, 4) is 0 Å². The van der Waals surface area contributed by atoms with Gasteiger partial charge in [-0.2, -0.15) is 0 Å². The van der Waals surface area contributed by atoms with Crippen LogP contribution in [0.5, 0.6) is 0 Å². The van der Waals surface area contributed by atoms with Gasteiger partial charge in [-0.15, -0.1) is 0 Å². The summed E-state index contributed by atoms with van der Waals surface area (Å²) in [6, 6.07) is 0.723. The lowest BCUT2D eigenvalue weighted by molar-refractivity contribution is -0.109. The number of nitrogens with one attached hydrogen (secondary N) is 1. The zero-order valence-corrected chi connectivity index (χ0v) is 14.0. The van der Waals surface area contributed by atoms with Gasteiger partial charge in [0.05, 0.1) is 5.60 Å². The van der Waals surface area contributed by atoms with Crippen LogP contribution in [0.3, 0.4) is 0 Å². The van der Waals surface area contributed by atoms with Gasteiger partial charge in [-0.25, -0.2) is 0 Å². The highest BCUT2D eigenvalue weighted by molar-refractivity contribution is 4.92. The fourth-order valence-corrected chi connectivity index (χ4v) is 4.92. The minimum Gasteiger partial charge on any atom is -0.375 e. The largest absolute Gasteiger partial charge is 0.375 e. The Morgan fingerprint density at radius 1 is 0.952 bits per heavy atom. The Kier molecular flexibility index (Phi) is 5.61. The number of hydrogen-bond donors (Lipinski definition) is 1. The van der Waals surface area contributed by atoms with E-state index in [-0.39, 0.29) is 5.60 Å². The third kappa shape index (κ3) is 4.22. The summed E-state index contributed by atoms with van der Waals surface area (Å²) in [4.78, 5) is 0. The fraction of sp³-hybridized carbons (Fsp3) is 1.00. The summed E-state index contributed by atoms with van der Waals surface area (Å²) >= 11 is 0. The molecule has 1 saturated heterocycles. The molecule has 0 radical (unpaired) electrons. The molecule has 1 heterocycles. The molecule has 2 saturated carbocycles. The van der Waals surface area contributed by atoms with Crippen LogP contribution in [0.15, 0.2) is 0 Å². The van der Waals surface area contributed by atoms with Crippen molar-refractivity contribution < 1.29 is 4.74 Å². The molecule has 2 heteroatoms. The van der Waals surface area contributed by atoms with Gasteiger partial charge in [0.15, 0.2) is 0 Å². The van der Waals surface area contributed by atoms with Gasteiger partial charge in [-0.05, 0) is 56.9 Å². The highest BCUT2D eigenvalue weighted by atomic mass is 16.5. The fourth-order valence-electron chi connectivity index (χ4n) is 4.92. The molecule has 3 fully saturated rings. The molecule has 0 aromatic rings. The Bertz CT molecular complexity index is 297. The van der Waals surface area contributed by atoms with Crippen molar-refractivity contribution in [1.29, 1.82) is 0 Å². The van der Waals surface area contributed by atoms with Gasteiger partial charge in [-0.3, -0.25) is 0 Å². The van der Waals surface area contributed by atoms with Crippen LogP contribution in [0.25, 0.3) is 0 Å². The van der Waals surface area contributed by atoms with Gasteiger partial charge in [0.2, 0.25) is 0 Å². The lowest BCUT2D eigenvalue weighted by Crippen LogP contribution is -2.49. The molecule has 2 nitrogen and oxygen atoms in total. The molecule has 0 aromatic heterocycles. The van der Waals surface area contributed by atoms with E-state index in [1.54, 1.807) is 0 Å². The molecule has 0 aromatic carbocycles. The summed E-state index contributed by atoms with van der Waals surface area (Å²) in [6.07, 6.45) is 16.6. The van der Waals surface area contributed by atoms with E-state index in [0.717, 1.165) is 24.5 Å². The summed E-state index contributed by atoms with van der Waals surface area (Å²) in [6.45, 7) is 4.60. The first-order valence-electron chi connectivity index (χ1n) is 9.67. The predicted molar refractivity (Wildman–Crippen MR) is 88.5 cm³/mol. The van der Waals surface area contributed by atoms with Crippen LogP contribution in [0.4, 0.5) is 0 Å². The number of hydrogen-bond acceptors (Lipinski definition) is 2. The monoisotopic (exact) mass is 293 g/mol. The minimum atomic E-state index is 0.258. The first-order chi connectivity index (χ1) is 10.3. The maximum absolute atomic E-state index is 6.22. The molecule has 1 N–H and O–H groups in total. The zero-order valence-electron chi connectivity index (χ0n) is 14.0. The van der Waals surface area contributed by atoms with E-state index in [1.165, 1.54) is 83.6 Å². The minimum absolute atomic E-state index is 0.258. The third-order valence-electron chi connectivity index (χ3n) is 6.50. The smallest absolute Gasteiger partial charge is 0.0697 e. The van der Waals surface area contributed by atoms with Crippen LogP contribution in [-0.4, -0.2) is 24.8 Å². The third-order valence-corrected chi connectivity index (χ3v) is 6.50. The molecule has 122 valence electrons. The summed E-state index contributed by atoms with van der Waals surface area (Å²) in [7, 11) is 0. The molecule has 1 unspecified atom stereocenters. The first-order valence-corrected chi connectivity index (χ1v) is 9.67. The standard InChI is InChI=1S/C19H35NO/c1-2-16-6-8-17(9-7-16)15-20-18-10-13-21-19(14-18)11-4-3-5-12-19/h16-18,20H,2-15H2,1H3. The Hall–Kier alpha value is -0.0800. The van der Waals surface area contributed by atoms with Crippen molar-refractivity contribution in [3.63, 3.8) is 0 Å². The molecular weight excluding hydrogens is 258 g/mol. The molecule has 21 heavy (non-hydrogen) atoms. The zero-order chi connectivity index (χ0) is 14.5. The quantitative estimate of drug-likeness (QED) is 0.813. The van der Waals surface area contributed by atoms with Gasteiger partial charge in [0, 0.05) is 12.6 Å². The van der Waals surface area contributed by atoms with Crippen LogP contribution < -0.4 is 5.32 Å². The Balaban J connectivity index is 1.41. The van der Waals surface area contributed by atoms with Crippen LogP contribution >= 0.6 is 0 Å². The second-order valence-corrected chi connectivity index (χ2v) is 7.99. The van der Waals surface area contributed by atoms with Crippen molar-refractivity contribution in [1.82, 2.24) is 5.32 Å². The van der Waals surface area contributed by atoms with Crippen molar-refractivity contribution in [3.05, 3.63) is 0 Å². The van der Waals surface area contributed by atoms with E-state index in [9.17, 15) is 0 Å². The first kappa shape index (κ1) is 15.8. The lowest BCUT2D eigenvalue weighted by Gasteiger charge is -2.44. The van der Waals surface area contributed by atoms with Gasteiger partial charge in [-0.1, -0.05) is 45.4 Å². The maximum atomic E-state index is 6.22. The van der Waals surface area contributed by atoms with Crippen molar-refractivity contribution in [2.75, 3.05) is 13.2 Å². The van der Waals surface area contributed by atoms with Crippen molar-refractivity contribution >= 4 is 0 Å². The van der Waals surface area contributed by atoms with Crippen LogP contribution in [-0.2, 0) is 4.74 Å². The van der Waals surface area contributed by atoms with Crippen molar-refractivity contribution in [2.45, 2.75) is 95.6 Å². The normalized spacial score (nSPS) is 36.7. The van der Waals surface area contributed by atoms with Crippen molar-refractivity contribution in [2.24, 2.45) is 11.8 Å². The Labute approximate surface area is 131 Å². The van der Waals surface area contributed by atoms with E-state index in [4.69, 9.17) is 4.74 Å². The average Bonchev–Trinajstić information content (AvgIpc) is 2.54. The van der Waals surface area contributed by atoms with Gasteiger partial charge in [0.1, 0.15) is 0 Å². The van der Waals surface area contributed by atoms with Crippen LogP contribution in [0, 0.1) is 11.8 Å². The Morgan fingerprint density at radius 2 is 1.67 bits per heavy atom. The molecule has 3 aliphatic rings. The van der Waals surface area contributed by atoms with Gasteiger partial charge >= 0.3 is 0 Å². The van der Waals surface area contributed by atoms with E-state index in [2.05, 4.69) is 12.2 Å². The predicted octanol–water partition coefficient (Wildman–Crippen LogP) is 4.67. The molecule has 0 bridgehead atoms. The average molecular weight is 293 g/mol. The Morgan fingerprint density at radius 3 is 2.38 bits per heavy atom. The molecule has 1 atom stereocenters. The number of ether oxygens (including phenoxy) is 1. The van der Waals surface area contributed by atoms with Crippen LogP contribution in [0.2, 0.25) is 0 Å². The lowest BCUT2D eigenvalue weighted by atomic mass is 9.77. The molecule has 1 aliphatic heterocycles. The maximum Gasteiger partial charge on any atom is 0.0697 e. The molecule has 3 rings (SSSR count). The van der Waals surface area contributed by atoms with E-state index < -0.39 is 0 Å². The summed E-state index contributed by atoms with van der Waals surface area (Å²) in [5, 5.41) is 3.92. The second-order valence-electron chi connectivity index (χ2n) is 7.99. The van der Waals surface area contributed by atoms with Crippen LogP contribution in [0.1, 0.15) is 84.0 Å². The molecule has 0 amide bonds. The van der Waals surface area contributed by atoms with E-state index in [0.29, 0.717) is 0 Å². The van der Waals surface area contributed by atoms with E-state index in [1.807, 2.05) is 0 Å². The summed E-state index contributed by atoms with van der Waals surface area (Å²) < 4.78 is 6.22. The number of rotatable bonds is 4. The highest BCUT2D eigenvalue weighted by Crippen LogP contribution is 2.38. The topological polar surface area (TPSA) is 21.3 Å². The summed E-state index contributed by atoms with van der Waals surface area (Å²) in [5.41, 5.74) is 0.258. The van der Waals surface area contributed by atoms with Gasteiger partial charge in [0.25, 0.3) is 0 Å². The summed E-state index contributed by atoms with van der Waals surface area (Å²) in [5.74, 6) is 1.97. The van der Waals surface area contributed by atoms with E-state index >= 15 is 0 Å². The highest BCUT2D eigenvalue weighted by Gasteiger charge is 2.38. The molecule has 1 spiro atoms. The molecular formula is C19H35NO.